The van der Waals surface area contributed by atoms with Crippen LogP contribution in [-0.2, 0) is 12.8 Å². The zero-order valence-electron chi connectivity index (χ0n) is 13.6. The molecule has 0 atom stereocenters. The molecule has 3 aromatic rings. The third kappa shape index (κ3) is 2.45. The number of nitrogens with one attached hydrogen (secondary N) is 1. The molecule has 1 aliphatic carbocycles. The Morgan fingerprint density at radius 3 is 2.71 bits per heavy atom. The molecule has 0 aliphatic heterocycles. The summed E-state index contributed by atoms with van der Waals surface area (Å²) < 4.78 is 0. The van der Waals surface area contributed by atoms with Crippen LogP contribution in [0.1, 0.15) is 40.7 Å². The zero-order valence-corrected chi connectivity index (χ0v) is 13.6. The Kier molecular flexibility index (Phi) is 3.95. The number of Topliss-reactive ketones (excluding diaryl/α,β-unsaturated/α-hetero) is 1. The number of hydrogen-bond donors (Lipinski definition) is 2. The van der Waals surface area contributed by atoms with E-state index in [1.807, 2.05) is 18.2 Å². The molecule has 0 saturated heterocycles. The first-order chi connectivity index (χ1) is 11.8. The molecule has 3 heteroatoms. The minimum absolute atomic E-state index is 0.201. The van der Waals surface area contributed by atoms with Crippen LogP contribution in [0.15, 0.2) is 42.5 Å². The molecule has 0 bridgehead atoms. The van der Waals surface area contributed by atoms with Crippen LogP contribution in [-0.4, -0.2) is 22.5 Å². The monoisotopic (exact) mass is 319 g/mol. The molecule has 0 radical (unpaired) electrons. The number of aliphatic hydroxyl groups is 1. The standard InChI is InChI=1S/C21H21NO2/c23-13-5-7-14-6-1-2-8-15(14)21-17-10-4-12-19(24)16-9-3-11-18(22-21)20(16)17/h1-3,6,8-9,11,22-23H,4-5,7,10,12-13H2. The fraction of sp³-hybridized carbons (Fsp3) is 0.286. The van der Waals surface area contributed by atoms with Gasteiger partial charge in [0.2, 0.25) is 0 Å². The maximum atomic E-state index is 12.4. The van der Waals surface area contributed by atoms with Crippen molar-refractivity contribution < 1.29 is 9.90 Å². The molecule has 24 heavy (non-hydrogen) atoms. The van der Waals surface area contributed by atoms with E-state index in [0.717, 1.165) is 47.8 Å². The third-order valence-electron chi connectivity index (χ3n) is 4.95. The molecular formula is C21H21NO2. The number of carbonyl (C=O) groups excluding carboxylic acids is 1. The summed E-state index contributed by atoms with van der Waals surface area (Å²) in [5.41, 5.74) is 6.74. The second-order valence-electron chi connectivity index (χ2n) is 6.47. The van der Waals surface area contributed by atoms with Gasteiger partial charge in [-0.25, -0.2) is 0 Å². The number of benzene rings is 2. The predicted octanol–water partition coefficient (Wildman–Crippen LogP) is 4.28. The summed E-state index contributed by atoms with van der Waals surface area (Å²) in [5.74, 6) is 0.249. The van der Waals surface area contributed by atoms with Crippen molar-refractivity contribution in [2.75, 3.05) is 6.61 Å². The Balaban J connectivity index is 1.94. The van der Waals surface area contributed by atoms with E-state index in [0.29, 0.717) is 6.42 Å². The van der Waals surface area contributed by atoms with Crippen molar-refractivity contribution in [2.45, 2.75) is 32.1 Å². The molecule has 1 heterocycles. The fourth-order valence-corrected chi connectivity index (χ4v) is 3.84. The van der Waals surface area contributed by atoms with E-state index in [2.05, 4.69) is 29.2 Å². The number of H-pyrrole nitrogens is 1. The molecule has 1 aromatic heterocycles. The maximum absolute atomic E-state index is 12.4. The Morgan fingerprint density at radius 1 is 1.00 bits per heavy atom. The predicted molar refractivity (Wildman–Crippen MR) is 96.4 cm³/mol. The first-order valence-electron chi connectivity index (χ1n) is 8.65. The van der Waals surface area contributed by atoms with Crippen molar-refractivity contribution >= 4 is 16.7 Å². The van der Waals surface area contributed by atoms with E-state index in [1.165, 1.54) is 16.7 Å². The average molecular weight is 319 g/mol. The molecular weight excluding hydrogens is 298 g/mol. The van der Waals surface area contributed by atoms with Gasteiger partial charge in [-0.05, 0) is 42.9 Å². The normalized spacial score (nSPS) is 14.1. The van der Waals surface area contributed by atoms with E-state index in [1.54, 1.807) is 0 Å². The van der Waals surface area contributed by atoms with Crippen LogP contribution >= 0.6 is 0 Å². The average Bonchev–Trinajstić information content (AvgIpc) is 2.89. The smallest absolute Gasteiger partial charge is 0.163 e. The second kappa shape index (κ2) is 6.25. The fourth-order valence-electron chi connectivity index (χ4n) is 3.84. The first kappa shape index (κ1) is 15.2. The summed E-state index contributed by atoms with van der Waals surface area (Å²) in [4.78, 5) is 16.0. The lowest BCUT2D eigenvalue weighted by atomic mass is 9.95. The lowest BCUT2D eigenvalue weighted by Gasteiger charge is -2.10. The SMILES string of the molecule is O=C1CCCc2c(-c3ccccc3CCCO)[nH]c3cccc1c23. The minimum atomic E-state index is 0.201. The Hall–Kier alpha value is -2.39. The molecule has 0 unspecified atom stereocenters. The van der Waals surface area contributed by atoms with Gasteiger partial charge in [-0.1, -0.05) is 36.4 Å². The number of ketones is 1. The van der Waals surface area contributed by atoms with Gasteiger partial charge in [0.25, 0.3) is 0 Å². The summed E-state index contributed by atoms with van der Waals surface area (Å²) in [6.07, 6.45) is 4.06. The number of hydrogen-bond acceptors (Lipinski definition) is 2. The Labute approximate surface area is 141 Å². The molecule has 0 saturated carbocycles. The second-order valence-corrected chi connectivity index (χ2v) is 6.47. The van der Waals surface area contributed by atoms with Crippen molar-refractivity contribution in [1.82, 2.24) is 4.98 Å². The molecule has 122 valence electrons. The largest absolute Gasteiger partial charge is 0.396 e. The number of aromatic nitrogens is 1. The van der Waals surface area contributed by atoms with E-state index in [-0.39, 0.29) is 12.4 Å². The summed E-state index contributed by atoms with van der Waals surface area (Å²) in [6, 6.07) is 14.3. The number of aryl methyl sites for hydroxylation is 2. The molecule has 2 aromatic carbocycles. The summed E-state index contributed by atoms with van der Waals surface area (Å²) in [5, 5.41) is 10.3. The number of aliphatic hydroxyl groups excluding tert-OH is 1. The van der Waals surface area contributed by atoms with Crippen LogP contribution in [0.5, 0.6) is 0 Å². The van der Waals surface area contributed by atoms with Crippen LogP contribution in [0.2, 0.25) is 0 Å². The van der Waals surface area contributed by atoms with E-state index < -0.39 is 0 Å². The highest BCUT2D eigenvalue weighted by molar-refractivity contribution is 6.11. The topological polar surface area (TPSA) is 53.1 Å². The molecule has 0 fully saturated rings. The van der Waals surface area contributed by atoms with Crippen LogP contribution in [0.3, 0.4) is 0 Å². The highest BCUT2D eigenvalue weighted by Gasteiger charge is 2.22. The van der Waals surface area contributed by atoms with Crippen molar-refractivity contribution in [1.29, 1.82) is 0 Å². The van der Waals surface area contributed by atoms with Gasteiger partial charge in [0, 0.05) is 40.8 Å². The van der Waals surface area contributed by atoms with Gasteiger partial charge in [0.1, 0.15) is 0 Å². The summed E-state index contributed by atoms with van der Waals surface area (Å²) in [6.45, 7) is 0.201. The van der Waals surface area contributed by atoms with Crippen molar-refractivity contribution in [3.05, 3.63) is 59.2 Å². The Bertz CT molecular complexity index is 907. The molecule has 4 rings (SSSR count). The quantitative estimate of drug-likeness (QED) is 0.754. The highest BCUT2D eigenvalue weighted by atomic mass is 16.2. The van der Waals surface area contributed by atoms with Crippen molar-refractivity contribution in [3.63, 3.8) is 0 Å². The zero-order chi connectivity index (χ0) is 16.5. The van der Waals surface area contributed by atoms with E-state index in [9.17, 15) is 9.90 Å². The lowest BCUT2D eigenvalue weighted by Crippen LogP contribution is -1.97. The molecule has 3 nitrogen and oxygen atoms in total. The van der Waals surface area contributed by atoms with Crippen LogP contribution in [0, 0.1) is 0 Å². The number of carbonyl (C=O) groups is 1. The molecule has 0 spiro atoms. The van der Waals surface area contributed by atoms with Crippen LogP contribution < -0.4 is 0 Å². The maximum Gasteiger partial charge on any atom is 0.163 e. The summed E-state index contributed by atoms with van der Waals surface area (Å²) >= 11 is 0. The van der Waals surface area contributed by atoms with Gasteiger partial charge < -0.3 is 10.1 Å². The third-order valence-corrected chi connectivity index (χ3v) is 4.95. The van der Waals surface area contributed by atoms with Gasteiger partial charge in [0.15, 0.2) is 5.78 Å². The summed E-state index contributed by atoms with van der Waals surface area (Å²) in [7, 11) is 0. The van der Waals surface area contributed by atoms with Gasteiger partial charge in [-0.2, -0.15) is 0 Å². The van der Waals surface area contributed by atoms with Crippen LogP contribution in [0.4, 0.5) is 0 Å². The van der Waals surface area contributed by atoms with E-state index in [4.69, 9.17) is 0 Å². The van der Waals surface area contributed by atoms with E-state index >= 15 is 0 Å². The van der Waals surface area contributed by atoms with Gasteiger partial charge in [0.05, 0.1) is 0 Å². The lowest BCUT2D eigenvalue weighted by molar-refractivity contribution is 0.0983. The van der Waals surface area contributed by atoms with Crippen molar-refractivity contribution in [3.8, 4) is 11.3 Å². The molecule has 2 N–H and O–H groups in total. The van der Waals surface area contributed by atoms with Gasteiger partial charge in [-0.15, -0.1) is 0 Å². The minimum Gasteiger partial charge on any atom is -0.396 e. The number of rotatable bonds is 4. The van der Waals surface area contributed by atoms with Gasteiger partial charge >= 0.3 is 0 Å². The first-order valence-corrected chi connectivity index (χ1v) is 8.65. The Morgan fingerprint density at radius 2 is 1.83 bits per heavy atom. The van der Waals surface area contributed by atoms with Crippen LogP contribution in [0.25, 0.3) is 22.2 Å². The van der Waals surface area contributed by atoms with Gasteiger partial charge in [-0.3, -0.25) is 4.79 Å². The highest BCUT2D eigenvalue weighted by Crippen LogP contribution is 2.37. The molecule has 1 aliphatic rings. The molecule has 0 amide bonds. The van der Waals surface area contributed by atoms with Crippen molar-refractivity contribution in [2.24, 2.45) is 0 Å². The number of aromatic amines is 1.